The second-order valence-electron chi connectivity index (χ2n) is 3.87. The van der Waals surface area contributed by atoms with Crippen LogP contribution in [0.2, 0.25) is 0 Å². The van der Waals surface area contributed by atoms with Gasteiger partial charge in [0.15, 0.2) is 0 Å². The van der Waals surface area contributed by atoms with Crippen molar-refractivity contribution in [2.45, 2.75) is 0 Å². The van der Waals surface area contributed by atoms with E-state index in [0.29, 0.717) is 22.8 Å². The Balaban J connectivity index is 2.22. The molecule has 0 aliphatic rings. The second-order valence-corrected chi connectivity index (χ2v) is 4.75. The zero-order chi connectivity index (χ0) is 13.2. The average Bonchev–Trinajstić information content (AvgIpc) is 2.92. The molecule has 0 unspecified atom stereocenters. The van der Waals surface area contributed by atoms with Gasteiger partial charge in [-0.05, 0) is 12.1 Å². The molecule has 2 aromatic heterocycles. The van der Waals surface area contributed by atoms with Gasteiger partial charge in [0.2, 0.25) is 0 Å². The van der Waals surface area contributed by atoms with E-state index in [1.807, 2.05) is 0 Å². The molecule has 0 saturated carbocycles. The first-order valence-corrected chi connectivity index (χ1v) is 6.39. The number of hydrogen-bond acceptors (Lipinski definition) is 5. The highest BCUT2D eigenvalue weighted by atomic mass is 32.1. The van der Waals surface area contributed by atoms with Crippen molar-refractivity contribution in [1.82, 2.24) is 15.0 Å². The molecule has 4 nitrogen and oxygen atoms in total. The van der Waals surface area contributed by atoms with Gasteiger partial charge in [-0.15, -0.1) is 11.3 Å². The lowest BCUT2D eigenvalue weighted by atomic mass is 10.1. The molecule has 0 spiro atoms. The van der Waals surface area contributed by atoms with Gasteiger partial charge in [-0.25, -0.2) is 14.4 Å². The van der Waals surface area contributed by atoms with Crippen LogP contribution in [0.1, 0.15) is 0 Å². The number of anilines is 1. The largest absolute Gasteiger partial charge is 0.382 e. The summed E-state index contributed by atoms with van der Waals surface area (Å²) in [6.07, 6.45) is 3.19. The molecule has 0 aliphatic carbocycles. The smallest absolute Gasteiger partial charge is 0.142 e. The topological polar surface area (TPSA) is 64.7 Å². The summed E-state index contributed by atoms with van der Waals surface area (Å²) in [7, 11) is 0. The number of benzene rings is 1. The highest BCUT2D eigenvalue weighted by molar-refractivity contribution is 7.13. The maximum atomic E-state index is 13.3. The van der Waals surface area contributed by atoms with Gasteiger partial charge in [0.25, 0.3) is 0 Å². The van der Waals surface area contributed by atoms with E-state index in [1.54, 1.807) is 23.8 Å². The van der Waals surface area contributed by atoms with E-state index in [4.69, 9.17) is 5.73 Å². The van der Waals surface area contributed by atoms with Crippen molar-refractivity contribution in [3.63, 3.8) is 0 Å². The molecule has 6 heteroatoms. The van der Waals surface area contributed by atoms with E-state index < -0.39 is 0 Å². The van der Waals surface area contributed by atoms with Crippen molar-refractivity contribution in [1.29, 1.82) is 0 Å². The summed E-state index contributed by atoms with van der Waals surface area (Å²) >= 11 is 1.45. The van der Waals surface area contributed by atoms with E-state index in [0.717, 1.165) is 4.88 Å². The quantitative estimate of drug-likeness (QED) is 0.779. The van der Waals surface area contributed by atoms with Crippen molar-refractivity contribution in [2.75, 3.05) is 5.73 Å². The molecule has 0 atom stereocenters. The third kappa shape index (κ3) is 2.30. The summed E-state index contributed by atoms with van der Waals surface area (Å²) in [5.74, 6) is -0.0236. The van der Waals surface area contributed by atoms with E-state index in [1.165, 1.54) is 29.7 Å². The number of aromatic nitrogens is 3. The number of nitrogens with two attached hydrogens (primary N) is 1. The second kappa shape index (κ2) is 4.74. The van der Waals surface area contributed by atoms with Crippen molar-refractivity contribution in [3.05, 3.63) is 48.0 Å². The highest BCUT2D eigenvalue weighted by Gasteiger charge is 2.13. The van der Waals surface area contributed by atoms with Gasteiger partial charge in [0, 0.05) is 11.8 Å². The van der Waals surface area contributed by atoms with Crippen molar-refractivity contribution in [3.8, 4) is 21.8 Å². The fourth-order valence-electron chi connectivity index (χ4n) is 1.75. The molecule has 1 aromatic carbocycles. The average molecular weight is 272 g/mol. The minimum Gasteiger partial charge on any atom is -0.382 e. The molecule has 0 fully saturated rings. The first-order chi connectivity index (χ1) is 9.24. The third-order valence-electron chi connectivity index (χ3n) is 2.55. The number of rotatable bonds is 2. The molecule has 3 aromatic rings. The van der Waals surface area contributed by atoms with Crippen LogP contribution in [-0.2, 0) is 0 Å². The summed E-state index contributed by atoms with van der Waals surface area (Å²) in [5, 5.41) is 0. The lowest BCUT2D eigenvalue weighted by Crippen LogP contribution is -1.97. The fraction of sp³-hybridized carbons (Fsp3) is 0. The number of hydrogen-bond donors (Lipinski definition) is 1. The molecule has 2 N–H and O–H groups in total. The summed E-state index contributed by atoms with van der Waals surface area (Å²) in [5.41, 5.74) is 9.24. The number of nitrogens with zero attached hydrogens (tertiary/aromatic N) is 3. The van der Waals surface area contributed by atoms with Gasteiger partial charge in [-0.2, -0.15) is 0 Å². The molecular formula is C13H9FN4S. The van der Waals surface area contributed by atoms with E-state index >= 15 is 0 Å². The molecular weight excluding hydrogens is 263 g/mol. The third-order valence-corrected chi connectivity index (χ3v) is 3.33. The standard InChI is InChI=1S/C13H9FN4S/c14-9-3-1-2-8(4-9)12-13(10-5-16-7-19-10)17-6-11(15)18-12/h1-7H,(H2,15,18). The lowest BCUT2D eigenvalue weighted by molar-refractivity contribution is 0.628. The number of thiazole rings is 1. The molecule has 0 aliphatic heterocycles. The van der Waals surface area contributed by atoms with Gasteiger partial charge in [-0.1, -0.05) is 12.1 Å². The van der Waals surface area contributed by atoms with Crippen LogP contribution in [0.4, 0.5) is 10.2 Å². The number of nitrogen functional groups attached to an aromatic ring is 1. The SMILES string of the molecule is Nc1cnc(-c2cncs2)c(-c2cccc(F)c2)n1. The Kier molecular flexibility index (Phi) is 2.92. The Morgan fingerprint density at radius 1 is 1.16 bits per heavy atom. The Hall–Kier alpha value is -2.34. The Labute approximate surface area is 112 Å². The Bertz CT molecular complexity index is 712. The van der Waals surface area contributed by atoms with E-state index in [2.05, 4.69) is 15.0 Å². The Morgan fingerprint density at radius 2 is 2.05 bits per heavy atom. The van der Waals surface area contributed by atoms with Crippen LogP contribution in [0.5, 0.6) is 0 Å². The minimum atomic E-state index is -0.322. The van der Waals surface area contributed by atoms with Crippen LogP contribution in [0.15, 0.2) is 42.2 Å². The van der Waals surface area contributed by atoms with Gasteiger partial charge >= 0.3 is 0 Å². The van der Waals surface area contributed by atoms with Crippen molar-refractivity contribution >= 4 is 17.2 Å². The van der Waals surface area contributed by atoms with Gasteiger partial charge < -0.3 is 5.73 Å². The monoisotopic (exact) mass is 272 g/mol. The molecule has 0 radical (unpaired) electrons. The molecule has 94 valence electrons. The zero-order valence-electron chi connectivity index (χ0n) is 9.75. The first kappa shape index (κ1) is 11.7. The Morgan fingerprint density at radius 3 is 2.79 bits per heavy atom. The van der Waals surface area contributed by atoms with Crippen LogP contribution in [0, 0.1) is 5.82 Å². The summed E-state index contributed by atoms with van der Waals surface area (Å²) in [6, 6.07) is 6.20. The lowest BCUT2D eigenvalue weighted by Gasteiger charge is -2.07. The van der Waals surface area contributed by atoms with Crippen LogP contribution in [0.25, 0.3) is 21.8 Å². The highest BCUT2D eigenvalue weighted by Crippen LogP contribution is 2.31. The first-order valence-electron chi connectivity index (χ1n) is 5.51. The van der Waals surface area contributed by atoms with Gasteiger partial charge in [0.1, 0.15) is 17.3 Å². The molecule has 2 heterocycles. The zero-order valence-corrected chi connectivity index (χ0v) is 10.6. The van der Waals surface area contributed by atoms with E-state index in [-0.39, 0.29) is 5.82 Å². The van der Waals surface area contributed by atoms with Crippen LogP contribution in [0.3, 0.4) is 0 Å². The fourth-order valence-corrected chi connectivity index (χ4v) is 2.37. The van der Waals surface area contributed by atoms with Crippen LogP contribution in [-0.4, -0.2) is 15.0 Å². The summed E-state index contributed by atoms with van der Waals surface area (Å²) in [6.45, 7) is 0. The normalized spacial score (nSPS) is 10.6. The predicted molar refractivity (Wildman–Crippen MR) is 72.9 cm³/mol. The maximum Gasteiger partial charge on any atom is 0.142 e. The van der Waals surface area contributed by atoms with Crippen molar-refractivity contribution < 1.29 is 4.39 Å². The number of halogens is 1. The summed E-state index contributed by atoms with van der Waals surface area (Å²) in [4.78, 5) is 13.4. The predicted octanol–water partition coefficient (Wildman–Crippen LogP) is 2.99. The molecule has 0 saturated heterocycles. The van der Waals surface area contributed by atoms with Crippen molar-refractivity contribution in [2.24, 2.45) is 0 Å². The summed E-state index contributed by atoms with van der Waals surface area (Å²) < 4.78 is 13.3. The molecule has 19 heavy (non-hydrogen) atoms. The van der Waals surface area contributed by atoms with Crippen LogP contribution >= 0.6 is 11.3 Å². The van der Waals surface area contributed by atoms with Crippen LogP contribution < -0.4 is 5.73 Å². The molecule has 0 bridgehead atoms. The maximum absolute atomic E-state index is 13.3. The molecule has 0 amide bonds. The van der Waals surface area contributed by atoms with Gasteiger partial charge in [-0.3, -0.25) is 4.98 Å². The van der Waals surface area contributed by atoms with E-state index in [9.17, 15) is 4.39 Å². The molecule has 3 rings (SSSR count). The van der Waals surface area contributed by atoms with Gasteiger partial charge in [0.05, 0.1) is 22.3 Å². The minimum absolute atomic E-state index is 0.299.